The molecule has 0 aliphatic rings. The molecule has 122 valence electrons. The maximum atomic E-state index is 12.3. The Balaban J connectivity index is 1.82. The summed E-state index contributed by atoms with van der Waals surface area (Å²) in [7, 11) is 0. The van der Waals surface area contributed by atoms with Crippen LogP contribution in [0.2, 0.25) is 0 Å². The molecule has 1 atom stereocenters. The minimum absolute atomic E-state index is 0.0220. The quantitative estimate of drug-likeness (QED) is 0.759. The van der Waals surface area contributed by atoms with E-state index in [0.717, 1.165) is 11.1 Å². The topological polar surface area (TPSA) is 66.9 Å². The molecular weight excluding hydrogens is 302 g/mol. The lowest BCUT2D eigenvalue weighted by Gasteiger charge is -2.15. The van der Waals surface area contributed by atoms with Crippen LogP contribution in [0.25, 0.3) is 0 Å². The molecule has 1 heterocycles. The molecule has 0 spiro atoms. The number of benzene rings is 2. The van der Waals surface area contributed by atoms with E-state index >= 15 is 0 Å². The van der Waals surface area contributed by atoms with Gasteiger partial charge in [-0.25, -0.2) is 4.79 Å². The smallest absolute Gasteiger partial charge is 0.330 e. The van der Waals surface area contributed by atoms with Crippen LogP contribution in [-0.4, -0.2) is 9.55 Å². The lowest BCUT2D eigenvalue weighted by Crippen LogP contribution is -2.35. The van der Waals surface area contributed by atoms with Gasteiger partial charge in [0.15, 0.2) is 0 Å². The fraction of sp³-hybridized carbons (Fsp3) is 0.158. The third-order valence-corrected chi connectivity index (χ3v) is 3.88. The molecule has 0 bridgehead atoms. The number of hydrogen-bond acceptors (Lipinski definition) is 3. The molecule has 0 saturated heterocycles. The first-order valence-corrected chi connectivity index (χ1v) is 7.83. The first kappa shape index (κ1) is 15.8. The van der Waals surface area contributed by atoms with Crippen molar-refractivity contribution in [1.29, 1.82) is 0 Å². The van der Waals surface area contributed by atoms with Gasteiger partial charge in [0.2, 0.25) is 0 Å². The maximum absolute atomic E-state index is 12.3. The second-order valence-corrected chi connectivity index (χ2v) is 5.67. The van der Waals surface area contributed by atoms with Gasteiger partial charge in [-0.1, -0.05) is 60.7 Å². The van der Waals surface area contributed by atoms with E-state index in [1.165, 1.54) is 10.6 Å². The zero-order valence-corrected chi connectivity index (χ0v) is 13.4. The van der Waals surface area contributed by atoms with E-state index < -0.39 is 5.69 Å². The SMILES string of the molecule is C[C@H](Nc1cc(=O)n(Cc2ccccc2)c(=O)[nH]1)c1ccccc1. The minimum Gasteiger partial charge on any atom is -0.365 e. The van der Waals surface area contributed by atoms with Gasteiger partial charge in [0, 0.05) is 12.1 Å². The van der Waals surface area contributed by atoms with E-state index in [4.69, 9.17) is 0 Å². The molecule has 24 heavy (non-hydrogen) atoms. The van der Waals surface area contributed by atoms with Crippen LogP contribution in [0.3, 0.4) is 0 Å². The number of aromatic amines is 1. The number of H-pyrrole nitrogens is 1. The van der Waals surface area contributed by atoms with Gasteiger partial charge < -0.3 is 5.32 Å². The Morgan fingerprint density at radius 2 is 1.62 bits per heavy atom. The number of rotatable bonds is 5. The molecule has 0 saturated carbocycles. The Morgan fingerprint density at radius 1 is 1.00 bits per heavy atom. The standard InChI is InChI=1S/C19H19N3O2/c1-14(16-10-6-3-7-11-16)20-17-12-18(23)22(19(24)21-17)13-15-8-4-2-5-9-15/h2-12,14,20H,13H2,1H3,(H,21,24)/t14-/m0/s1. The molecule has 0 amide bonds. The zero-order valence-electron chi connectivity index (χ0n) is 13.4. The largest absolute Gasteiger partial charge is 0.365 e. The van der Waals surface area contributed by atoms with Crippen molar-refractivity contribution >= 4 is 5.82 Å². The van der Waals surface area contributed by atoms with Gasteiger partial charge in [-0.3, -0.25) is 14.3 Å². The van der Waals surface area contributed by atoms with Crippen molar-refractivity contribution in [1.82, 2.24) is 9.55 Å². The average Bonchev–Trinajstić information content (AvgIpc) is 2.60. The molecule has 3 aromatic rings. The second kappa shape index (κ2) is 7.00. The summed E-state index contributed by atoms with van der Waals surface area (Å²) in [4.78, 5) is 27.3. The van der Waals surface area contributed by atoms with E-state index in [9.17, 15) is 9.59 Å². The first-order chi connectivity index (χ1) is 11.6. The molecule has 0 aliphatic heterocycles. The van der Waals surface area contributed by atoms with Gasteiger partial charge >= 0.3 is 5.69 Å². The van der Waals surface area contributed by atoms with Crippen LogP contribution in [0.5, 0.6) is 0 Å². The van der Waals surface area contributed by atoms with Crippen molar-refractivity contribution in [3.05, 3.63) is 98.7 Å². The zero-order chi connectivity index (χ0) is 16.9. The molecule has 0 fully saturated rings. The summed E-state index contributed by atoms with van der Waals surface area (Å²) in [6.07, 6.45) is 0. The Morgan fingerprint density at radius 3 is 2.25 bits per heavy atom. The number of hydrogen-bond donors (Lipinski definition) is 2. The lowest BCUT2D eigenvalue weighted by molar-refractivity contribution is 0.697. The van der Waals surface area contributed by atoms with Crippen molar-refractivity contribution in [2.75, 3.05) is 5.32 Å². The summed E-state index contributed by atoms with van der Waals surface area (Å²) in [6.45, 7) is 2.23. The molecule has 0 radical (unpaired) electrons. The van der Waals surface area contributed by atoms with Crippen LogP contribution in [0, 0.1) is 0 Å². The Labute approximate surface area is 139 Å². The van der Waals surface area contributed by atoms with Crippen LogP contribution < -0.4 is 16.6 Å². The molecular formula is C19H19N3O2. The summed E-state index contributed by atoms with van der Waals surface area (Å²) in [6, 6.07) is 20.7. The van der Waals surface area contributed by atoms with Crippen molar-refractivity contribution in [2.24, 2.45) is 0 Å². The molecule has 5 nitrogen and oxygen atoms in total. The third kappa shape index (κ3) is 3.63. The molecule has 2 N–H and O–H groups in total. The third-order valence-electron chi connectivity index (χ3n) is 3.88. The fourth-order valence-electron chi connectivity index (χ4n) is 2.57. The van der Waals surface area contributed by atoms with Crippen LogP contribution in [-0.2, 0) is 6.54 Å². The molecule has 0 aliphatic carbocycles. The van der Waals surface area contributed by atoms with Crippen molar-refractivity contribution in [2.45, 2.75) is 19.5 Å². The number of nitrogens with one attached hydrogen (secondary N) is 2. The fourth-order valence-corrected chi connectivity index (χ4v) is 2.57. The molecule has 5 heteroatoms. The predicted octanol–water partition coefficient (Wildman–Crippen LogP) is 2.76. The lowest BCUT2D eigenvalue weighted by atomic mass is 10.1. The van der Waals surface area contributed by atoms with E-state index in [1.54, 1.807) is 0 Å². The minimum atomic E-state index is -0.422. The summed E-state index contributed by atoms with van der Waals surface area (Å²) in [5, 5.41) is 3.16. The highest BCUT2D eigenvalue weighted by Gasteiger charge is 2.09. The van der Waals surface area contributed by atoms with Gasteiger partial charge in [0.05, 0.1) is 6.54 Å². The highest BCUT2D eigenvalue weighted by Crippen LogP contribution is 2.15. The van der Waals surface area contributed by atoms with Gasteiger partial charge in [-0.2, -0.15) is 0 Å². The summed E-state index contributed by atoms with van der Waals surface area (Å²) in [5.74, 6) is 0.422. The van der Waals surface area contributed by atoms with E-state index in [1.807, 2.05) is 67.6 Å². The van der Waals surface area contributed by atoms with Crippen LogP contribution >= 0.6 is 0 Å². The Kier molecular flexibility index (Phi) is 4.61. The summed E-state index contributed by atoms with van der Waals surface area (Å²) >= 11 is 0. The van der Waals surface area contributed by atoms with E-state index in [2.05, 4.69) is 10.3 Å². The second-order valence-electron chi connectivity index (χ2n) is 5.67. The number of aromatic nitrogens is 2. The van der Waals surface area contributed by atoms with Crippen LogP contribution in [0.4, 0.5) is 5.82 Å². The van der Waals surface area contributed by atoms with Crippen molar-refractivity contribution < 1.29 is 0 Å². The molecule has 2 aromatic carbocycles. The van der Waals surface area contributed by atoms with Crippen molar-refractivity contribution in [3.8, 4) is 0 Å². The Hall–Kier alpha value is -3.08. The van der Waals surface area contributed by atoms with Gasteiger partial charge in [0.25, 0.3) is 5.56 Å². The van der Waals surface area contributed by atoms with Crippen LogP contribution in [0.1, 0.15) is 24.1 Å². The number of anilines is 1. The summed E-state index contributed by atoms with van der Waals surface area (Å²) < 4.78 is 1.19. The number of nitrogens with zero attached hydrogens (tertiary/aromatic N) is 1. The maximum Gasteiger partial charge on any atom is 0.330 e. The van der Waals surface area contributed by atoms with E-state index in [0.29, 0.717) is 5.82 Å². The molecule has 0 unspecified atom stereocenters. The highest BCUT2D eigenvalue weighted by molar-refractivity contribution is 5.36. The summed E-state index contributed by atoms with van der Waals surface area (Å²) in [5.41, 5.74) is 1.23. The van der Waals surface area contributed by atoms with Crippen molar-refractivity contribution in [3.63, 3.8) is 0 Å². The molecule has 3 rings (SSSR count). The highest BCUT2D eigenvalue weighted by atomic mass is 16.2. The van der Waals surface area contributed by atoms with E-state index in [-0.39, 0.29) is 18.1 Å². The Bertz CT molecular complexity index is 883. The van der Waals surface area contributed by atoms with Gasteiger partial charge in [-0.05, 0) is 18.1 Å². The monoisotopic (exact) mass is 321 g/mol. The predicted molar refractivity (Wildman–Crippen MR) is 95.3 cm³/mol. The molecule has 1 aromatic heterocycles. The van der Waals surface area contributed by atoms with Gasteiger partial charge in [-0.15, -0.1) is 0 Å². The van der Waals surface area contributed by atoms with Gasteiger partial charge in [0.1, 0.15) is 5.82 Å². The van der Waals surface area contributed by atoms with Crippen LogP contribution in [0.15, 0.2) is 76.3 Å². The first-order valence-electron chi connectivity index (χ1n) is 7.83. The average molecular weight is 321 g/mol. The normalized spacial score (nSPS) is 11.9.